The molecule has 0 radical (unpaired) electrons. The molecule has 94 valence electrons. The molecule has 0 atom stereocenters. The van der Waals surface area contributed by atoms with Gasteiger partial charge in [0.25, 0.3) is 0 Å². The van der Waals surface area contributed by atoms with Gasteiger partial charge in [-0.15, -0.1) is 0 Å². The van der Waals surface area contributed by atoms with Crippen molar-refractivity contribution >= 4 is 17.4 Å². The van der Waals surface area contributed by atoms with Crippen LogP contribution in [0.4, 0.5) is 5.69 Å². The minimum Gasteiger partial charge on any atom is -0.505 e. The monoisotopic (exact) mass is 246 g/mol. The zero-order valence-electron chi connectivity index (χ0n) is 10.3. The van der Waals surface area contributed by atoms with Crippen molar-refractivity contribution in [2.45, 2.75) is 26.7 Å². The largest absolute Gasteiger partial charge is 0.505 e. The van der Waals surface area contributed by atoms with Crippen molar-refractivity contribution in [1.82, 2.24) is 0 Å². The predicted octanol–water partition coefficient (Wildman–Crippen LogP) is 2.01. The number of amides is 1. The van der Waals surface area contributed by atoms with E-state index in [1.807, 2.05) is 6.92 Å². The number of anilines is 1. The lowest BCUT2D eigenvalue weighted by molar-refractivity contribution is -0.111. The van der Waals surface area contributed by atoms with E-state index in [1.54, 1.807) is 12.1 Å². The van der Waals surface area contributed by atoms with Crippen LogP contribution in [0.25, 0.3) is 0 Å². The summed E-state index contributed by atoms with van der Waals surface area (Å²) in [5.41, 5.74) is 1.07. The van der Waals surface area contributed by atoms with E-state index in [0.717, 1.165) is 18.4 Å². The van der Waals surface area contributed by atoms with E-state index in [4.69, 9.17) is 5.26 Å². The number of aryl methyl sites for hydroxylation is 1. The molecule has 0 aromatic heterocycles. The molecule has 0 unspecified atom stereocenters. The zero-order valence-corrected chi connectivity index (χ0v) is 10.3. The number of phenols is 1. The number of nitriles is 1. The lowest BCUT2D eigenvalue weighted by Crippen LogP contribution is -2.10. The Labute approximate surface area is 105 Å². The van der Waals surface area contributed by atoms with Crippen molar-refractivity contribution in [1.29, 1.82) is 5.26 Å². The smallest absolute Gasteiger partial charge is 0.326 e. The Hall–Kier alpha value is -2.35. The standard InChI is InChI=1S/C13H14N2O3/c1-3-4-9-5-10(8(2)16)13(18)11(6-9)15-12(17)7-14/h5-6,18H,3-4H2,1-2H3,(H,15,17). The van der Waals surface area contributed by atoms with Crippen LogP contribution in [0.3, 0.4) is 0 Å². The van der Waals surface area contributed by atoms with E-state index in [1.165, 1.54) is 13.0 Å². The highest BCUT2D eigenvalue weighted by Gasteiger charge is 2.14. The first-order valence-electron chi connectivity index (χ1n) is 5.57. The van der Waals surface area contributed by atoms with E-state index in [9.17, 15) is 14.7 Å². The van der Waals surface area contributed by atoms with Gasteiger partial charge < -0.3 is 10.4 Å². The van der Waals surface area contributed by atoms with Crippen LogP contribution in [0.1, 0.15) is 36.2 Å². The number of nitrogens with zero attached hydrogens (tertiary/aromatic N) is 1. The maximum absolute atomic E-state index is 11.4. The second kappa shape index (κ2) is 5.82. The van der Waals surface area contributed by atoms with Crippen LogP contribution in [0.2, 0.25) is 0 Å². The first-order valence-corrected chi connectivity index (χ1v) is 5.57. The topological polar surface area (TPSA) is 90.2 Å². The second-order valence-electron chi connectivity index (χ2n) is 3.91. The minimum absolute atomic E-state index is 0.0951. The van der Waals surface area contributed by atoms with E-state index in [-0.39, 0.29) is 22.8 Å². The van der Waals surface area contributed by atoms with Gasteiger partial charge in [0.15, 0.2) is 11.9 Å². The summed E-state index contributed by atoms with van der Waals surface area (Å²) in [5.74, 6) is -1.47. The van der Waals surface area contributed by atoms with Crippen LogP contribution in [-0.2, 0) is 11.2 Å². The Bertz CT molecular complexity index is 530. The highest BCUT2D eigenvalue weighted by Crippen LogP contribution is 2.30. The minimum atomic E-state index is -0.881. The number of carbonyl (C=O) groups is 2. The van der Waals surface area contributed by atoms with Crippen LogP contribution in [-0.4, -0.2) is 16.8 Å². The van der Waals surface area contributed by atoms with Crippen molar-refractivity contribution in [3.8, 4) is 11.8 Å². The molecule has 2 N–H and O–H groups in total. The number of phenolic OH excluding ortho intramolecular Hbond substituents is 1. The van der Waals surface area contributed by atoms with Crippen LogP contribution < -0.4 is 5.32 Å². The number of benzene rings is 1. The molecule has 0 fully saturated rings. The third kappa shape index (κ3) is 3.08. The molecule has 5 nitrogen and oxygen atoms in total. The summed E-state index contributed by atoms with van der Waals surface area (Å²) in [4.78, 5) is 22.4. The maximum atomic E-state index is 11.4. The summed E-state index contributed by atoms with van der Waals surface area (Å²) in [6.07, 6.45) is 1.59. The first kappa shape index (κ1) is 13.7. The summed E-state index contributed by atoms with van der Waals surface area (Å²) in [5, 5.41) is 20.5. The Morgan fingerprint density at radius 3 is 2.61 bits per heavy atom. The Morgan fingerprint density at radius 1 is 1.44 bits per heavy atom. The third-order valence-corrected chi connectivity index (χ3v) is 2.44. The van der Waals surface area contributed by atoms with Gasteiger partial charge in [0.05, 0.1) is 11.3 Å². The summed E-state index contributed by atoms with van der Waals surface area (Å²) in [7, 11) is 0. The van der Waals surface area contributed by atoms with Gasteiger partial charge in [0, 0.05) is 0 Å². The number of aromatic hydroxyl groups is 1. The molecule has 0 bridgehead atoms. The molecule has 0 spiro atoms. The summed E-state index contributed by atoms with van der Waals surface area (Å²) >= 11 is 0. The van der Waals surface area contributed by atoms with Gasteiger partial charge in [-0.1, -0.05) is 13.3 Å². The average Bonchev–Trinajstić information content (AvgIpc) is 2.32. The SMILES string of the molecule is CCCc1cc(NC(=O)C#N)c(O)c(C(C)=O)c1. The number of carbonyl (C=O) groups excluding carboxylic acids is 2. The molecule has 0 saturated carbocycles. The molecule has 0 saturated heterocycles. The molecular weight excluding hydrogens is 232 g/mol. The number of hydrogen-bond acceptors (Lipinski definition) is 4. The molecule has 1 aromatic rings. The summed E-state index contributed by atoms with van der Waals surface area (Å²) in [6, 6.07) is 4.57. The maximum Gasteiger partial charge on any atom is 0.326 e. The molecule has 1 amide bonds. The summed E-state index contributed by atoms with van der Waals surface area (Å²) in [6.45, 7) is 3.31. The molecule has 0 aliphatic carbocycles. The fraction of sp³-hybridized carbons (Fsp3) is 0.308. The molecule has 0 aliphatic heterocycles. The number of ketones is 1. The highest BCUT2D eigenvalue weighted by atomic mass is 16.3. The van der Waals surface area contributed by atoms with Crippen molar-refractivity contribution in [2.24, 2.45) is 0 Å². The number of Topliss-reactive ketones (excluding diaryl/α,β-unsaturated/α-hetero) is 1. The van der Waals surface area contributed by atoms with E-state index in [0.29, 0.717) is 0 Å². The molecule has 0 heterocycles. The van der Waals surface area contributed by atoms with Gasteiger partial charge in [0.2, 0.25) is 0 Å². The van der Waals surface area contributed by atoms with Crippen LogP contribution >= 0.6 is 0 Å². The van der Waals surface area contributed by atoms with Gasteiger partial charge in [-0.25, -0.2) is 0 Å². The van der Waals surface area contributed by atoms with E-state index < -0.39 is 5.91 Å². The Balaban J connectivity index is 3.27. The van der Waals surface area contributed by atoms with Crippen LogP contribution in [0, 0.1) is 11.3 Å². The van der Waals surface area contributed by atoms with Gasteiger partial charge in [0.1, 0.15) is 5.75 Å². The predicted molar refractivity (Wildman–Crippen MR) is 66.3 cm³/mol. The van der Waals surface area contributed by atoms with Gasteiger partial charge in [-0.05, 0) is 31.0 Å². The number of hydrogen-bond donors (Lipinski definition) is 2. The number of nitrogens with one attached hydrogen (secondary N) is 1. The Kier molecular flexibility index (Phi) is 4.44. The van der Waals surface area contributed by atoms with Crippen molar-refractivity contribution < 1.29 is 14.7 Å². The fourth-order valence-corrected chi connectivity index (χ4v) is 1.64. The first-order chi connectivity index (χ1) is 8.49. The number of rotatable bonds is 4. The van der Waals surface area contributed by atoms with Crippen LogP contribution in [0.15, 0.2) is 12.1 Å². The molecule has 1 rings (SSSR count). The van der Waals surface area contributed by atoms with E-state index >= 15 is 0 Å². The van der Waals surface area contributed by atoms with Crippen LogP contribution in [0.5, 0.6) is 5.75 Å². The molecule has 1 aromatic carbocycles. The molecular formula is C13H14N2O3. The molecule has 5 heteroatoms. The Morgan fingerprint density at radius 2 is 2.11 bits per heavy atom. The lowest BCUT2D eigenvalue weighted by atomic mass is 10.0. The molecule has 0 aliphatic rings. The lowest BCUT2D eigenvalue weighted by Gasteiger charge is -2.10. The van der Waals surface area contributed by atoms with Gasteiger partial charge in [-0.2, -0.15) is 5.26 Å². The highest BCUT2D eigenvalue weighted by molar-refractivity contribution is 6.05. The fourth-order valence-electron chi connectivity index (χ4n) is 1.64. The van der Waals surface area contributed by atoms with Crippen molar-refractivity contribution in [3.63, 3.8) is 0 Å². The molecule has 18 heavy (non-hydrogen) atoms. The van der Waals surface area contributed by atoms with Gasteiger partial charge in [-0.3, -0.25) is 9.59 Å². The second-order valence-corrected chi connectivity index (χ2v) is 3.91. The summed E-state index contributed by atoms with van der Waals surface area (Å²) < 4.78 is 0. The zero-order chi connectivity index (χ0) is 13.7. The van der Waals surface area contributed by atoms with E-state index in [2.05, 4.69) is 5.32 Å². The third-order valence-electron chi connectivity index (χ3n) is 2.44. The average molecular weight is 246 g/mol. The quantitative estimate of drug-likeness (QED) is 0.483. The van der Waals surface area contributed by atoms with Gasteiger partial charge >= 0.3 is 5.91 Å². The van der Waals surface area contributed by atoms with Crippen molar-refractivity contribution in [3.05, 3.63) is 23.3 Å². The normalized spacial score (nSPS) is 9.61. The van der Waals surface area contributed by atoms with Crippen molar-refractivity contribution in [2.75, 3.05) is 5.32 Å².